The van der Waals surface area contributed by atoms with E-state index in [-0.39, 0.29) is 5.69 Å². The van der Waals surface area contributed by atoms with E-state index < -0.39 is 5.91 Å². The highest BCUT2D eigenvalue weighted by atomic mass is 16.1. The Morgan fingerprint density at radius 3 is 2.76 bits per heavy atom. The van der Waals surface area contributed by atoms with Gasteiger partial charge in [0.25, 0.3) is 5.91 Å². The Morgan fingerprint density at radius 1 is 1.41 bits per heavy atom. The van der Waals surface area contributed by atoms with E-state index in [2.05, 4.69) is 23.8 Å². The summed E-state index contributed by atoms with van der Waals surface area (Å²) in [6.07, 6.45) is 5.21. The lowest BCUT2D eigenvalue weighted by Crippen LogP contribution is -2.13. The van der Waals surface area contributed by atoms with Crippen molar-refractivity contribution in [3.8, 4) is 5.69 Å². The van der Waals surface area contributed by atoms with Crippen LogP contribution in [0.5, 0.6) is 0 Å². The number of amides is 1. The number of hydrogen-bond acceptors (Lipinski definition) is 3. The molecule has 0 radical (unpaired) electrons. The molecule has 0 saturated heterocycles. The third kappa shape index (κ3) is 2.33. The molecule has 1 amide bonds. The highest BCUT2D eigenvalue weighted by molar-refractivity contribution is 5.91. The van der Waals surface area contributed by atoms with Crippen molar-refractivity contribution in [1.82, 2.24) is 14.5 Å². The number of pyridine rings is 1. The molecule has 0 aliphatic heterocycles. The summed E-state index contributed by atoms with van der Waals surface area (Å²) in [6, 6.07) is 3.45. The van der Waals surface area contributed by atoms with Crippen LogP contribution < -0.4 is 5.73 Å². The first kappa shape index (κ1) is 11.3. The number of hydrogen-bond donors (Lipinski definition) is 1. The molecular formula is C12H14N4O. The van der Waals surface area contributed by atoms with Crippen LogP contribution in [0.1, 0.15) is 35.9 Å². The van der Waals surface area contributed by atoms with Gasteiger partial charge in [-0.25, -0.2) is 4.98 Å². The second-order valence-corrected chi connectivity index (χ2v) is 4.12. The average Bonchev–Trinajstić information content (AvgIpc) is 2.78. The monoisotopic (exact) mass is 230 g/mol. The molecule has 0 atom stereocenters. The summed E-state index contributed by atoms with van der Waals surface area (Å²) < 4.78 is 1.85. The number of imidazole rings is 1. The Labute approximate surface area is 99.3 Å². The van der Waals surface area contributed by atoms with Gasteiger partial charge in [0, 0.05) is 12.4 Å². The van der Waals surface area contributed by atoms with Crippen molar-refractivity contribution >= 4 is 5.91 Å². The number of primary amides is 1. The predicted molar refractivity (Wildman–Crippen MR) is 64.0 cm³/mol. The highest BCUT2D eigenvalue weighted by Crippen LogP contribution is 2.14. The number of nitrogens with zero attached hydrogens (tertiary/aromatic N) is 3. The third-order valence-corrected chi connectivity index (χ3v) is 2.49. The van der Waals surface area contributed by atoms with Crippen LogP contribution in [0.4, 0.5) is 0 Å². The first-order chi connectivity index (χ1) is 8.08. The van der Waals surface area contributed by atoms with Gasteiger partial charge in [-0.15, -0.1) is 0 Å². The standard InChI is InChI=1S/C12H14N4O/c1-8(2)11-6-16(7-15-11)9-3-4-14-10(5-9)12(13)17/h3-8H,1-2H3,(H2,13,17). The van der Waals surface area contributed by atoms with E-state index in [1.165, 1.54) is 0 Å². The zero-order valence-electron chi connectivity index (χ0n) is 9.79. The van der Waals surface area contributed by atoms with Crippen molar-refractivity contribution in [3.63, 3.8) is 0 Å². The molecule has 0 spiro atoms. The second kappa shape index (κ2) is 4.37. The van der Waals surface area contributed by atoms with Gasteiger partial charge in [-0.2, -0.15) is 0 Å². The molecule has 2 rings (SSSR count). The summed E-state index contributed by atoms with van der Waals surface area (Å²) >= 11 is 0. The smallest absolute Gasteiger partial charge is 0.267 e. The molecule has 0 aromatic carbocycles. The van der Waals surface area contributed by atoms with E-state index >= 15 is 0 Å². The van der Waals surface area contributed by atoms with E-state index in [9.17, 15) is 4.79 Å². The van der Waals surface area contributed by atoms with Crippen molar-refractivity contribution < 1.29 is 4.79 Å². The lowest BCUT2D eigenvalue weighted by Gasteiger charge is -2.03. The first-order valence-electron chi connectivity index (χ1n) is 5.38. The van der Waals surface area contributed by atoms with Crippen LogP contribution in [0.3, 0.4) is 0 Å². The summed E-state index contributed by atoms with van der Waals surface area (Å²) in [6.45, 7) is 4.15. The quantitative estimate of drug-likeness (QED) is 0.868. The van der Waals surface area contributed by atoms with Crippen molar-refractivity contribution in [2.24, 2.45) is 5.73 Å². The Morgan fingerprint density at radius 2 is 2.18 bits per heavy atom. The Balaban J connectivity index is 2.38. The van der Waals surface area contributed by atoms with Crippen LogP contribution in [-0.2, 0) is 0 Å². The number of nitrogens with two attached hydrogens (primary N) is 1. The summed E-state index contributed by atoms with van der Waals surface area (Å²) in [5.74, 6) is -0.162. The van der Waals surface area contributed by atoms with Crippen LogP contribution in [0.25, 0.3) is 5.69 Å². The average molecular weight is 230 g/mol. The number of rotatable bonds is 3. The van der Waals surface area contributed by atoms with E-state index in [1.807, 2.05) is 10.8 Å². The van der Waals surface area contributed by atoms with Crippen molar-refractivity contribution in [2.45, 2.75) is 19.8 Å². The van der Waals surface area contributed by atoms with Crippen molar-refractivity contribution in [2.75, 3.05) is 0 Å². The Kier molecular flexibility index (Phi) is 2.91. The fourth-order valence-electron chi connectivity index (χ4n) is 1.49. The van der Waals surface area contributed by atoms with Gasteiger partial charge in [-0.05, 0) is 18.1 Å². The molecule has 0 bridgehead atoms. The third-order valence-electron chi connectivity index (χ3n) is 2.49. The largest absolute Gasteiger partial charge is 0.364 e. The van der Waals surface area contributed by atoms with Gasteiger partial charge in [-0.1, -0.05) is 13.8 Å². The molecule has 5 heteroatoms. The van der Waals surface area contributed by atoms with Crippen molar-refractivity contribution in [1.29, 1.82) is 0 Å². The fraction of sp³-hybridized carbons (Fsp3) is 0.250. The Bertz CT molecular complexity index is 545. The van der Waals surface area contributed by atoms with Gasteiger partial charge < -0.3 is 10.3 Å². The molecule has 0 aliphatic rings. The van der Waals surface area contributed by atoms with Gasteiger partial charge in [0.1, 0.15) is 5.69 Å². The summed E-state index contributed by atoms with van der Waals surface area (Å²) in [4.78, 5) is 19.2. The van der Waals surface area contributed by atoms with Crippen LogP contribution >= 0.6 is 0 Å². The van der Waals surface area contributed by atoms with E-state index in [0.29, 0.717) is 5.92 Å². The Hall–Kier alpha value is -2.17. The molecule has 2 N–H and O–H groups in total. The highest BCUT2D eigenvalue weighted by Gasteiger charge is 2.07. The minimum Gasteiger partial charge on any atom is -0.364 e. The fourth-order valence-corrected chi connectivity index (χ4v) is 1.49. The van der Waals surface area contributed by atoms with Crippen LogP contribution in [0.2, 0.25) is 0 Å². The number of carbonyl (C=O) groups excluding carboxylic acids is 1. The maximum absolute atomic E-state index is 11.0. The van der Waals surface area contributed by atoms with Crippen molar-refractivity contribution in [3.05, 3.63) is 42.2 Å². The molecule has 2 heterocycles. The molecule has 2 aromatic heterocycles. The zero-order valence-corrected chi connectivity index (χ0v) is 9.79. The van der Waals surface area contributed by atoms with Gasteiger partial charge in [0.05, 0.1) is 17.7 Å². The van der Waals surface area contributed by atoms with Gasteiger partial charge in [-0.3, -0.25) is 9.78 Å². The SMILES string of the molecule is CC(C)c1cn(-c2ccnc(C(N)=O)c2)cn1. The molecule has 0 saturated carbocycles. The minimum absolute atomic E-state index is 0.252. The van der Waals surface area contributed by atoms with E-state index in [1.54, 1.807) is 24.7 Å². The molecule has 5 nitrogen and oxygen atoms in total. The normalized spacial score (nSPS) is 10.8. The molecule has 2 aromatic rings. The molecular weight excluding hydrogens is 216 g/mol. The maximum Gasteiger partial charge on any atom is 0.267 e. The lowest BCUT2D eigenvalue weighted by molar-refractivity contribution is 0.0995. The molecule has 17 heavy (non-hydrogen) atoms. The molecule has 0 fully saturated rings. The zero-order chi connectivity index (χ0) is 12.4. The maximum atomic E-state index is 11.0. The van der Waals surface area contributed by atoms with Crippen LogP contribution in [0, 0.1) is 0 Å². The molecule has 0 unspecified atom stereocenters. The minimum atomic E-state index is -0.531. The summed E-state index contributed by atoms with van der Waals surface area (Å²) in [5, 5.41) is 0. The van der Waals surface area contributed by atoms with Gasteiger partial charge >= 0.3 is 0 Å². The lowest BCUT2D eigenvalue weighted by atomic mass is 10.2. The number of carbonyl (C=O) groups is 1. The topological polar surface area (TPSA) is 73.8 Å². The van der Waals surface area contributed by atoms with Gasteiger partial charge in [0.15, 0.2) is 0 Å². The van der Waals surface area contributed by atoms with Crippen LogP contribution in [0.15, 0.2) is 30.9 Å². The molecule has 88 valence electrons. The van der Waals surface area contributed by atoms with E-state index in [0.717, 1.165) is 11.4 Å². The second-order valence-electron chi connectivity index (χ2n) is 4.12. The summed E-state index contributed by atoms with van der Waals surface area (Å²) in [5.41, 5.74) is 7.27. The predicted octanol–water partition coefficient (Wildman–Crippen LogP) is 1.49. The number of aromatic nitrogens is 3. The van der Waals surface area contributed by atoms with Crippen LogP contribution in [-0.4, -0.2) is 20.4 Å². The van der Waals surface area contributed by atoms with Gasteiger partial charge in [0.2, 0.25) is 0 Å². The molecule has 0 aliphatic carbocycles. The first-order valence-corrected chi connectivity index (χ1v) is 5.38. The summed E-state index contributed by atoms with van der Waals surface area (Å²) in [7, 11) is 0. The van der Waals surface area contributed by atoms with E-state index in [4.69, 9.17) is 5.73 Å².